The van der Waals surface area contributed by atoms with Crippen LogP contribution in [0.5, 0.6) is 0 Å². The van der Waals surface area contributed by atoms with Crippen LogP contribution in [0.3, 0.4) is 0 Å². The molecular formula is C30H30ClN9O3. The average molecular weight is 600 g/mol. The molecule has 7 rings (SSSR count). The first-order valence-electron chi connectivity index (χ1n) is 14.3. The zero-order chi connectivity index (χ0) is 29.7. The molecule has 0 bridgehead atoms. The predicted octanol–water partition coefficient (Wildman–Crippen LogP) is 3.86. The molecule has 0 radical (unpaired) electrons. The maximum atomic E-state index is 12.5. The highest BCUT2D eigenvalue weighted by atomic mass is 35.5. The molecule has 2 aromatic heterocycles. The van der Waals surface area contributed by atoms with Crippen LogP contribution < -0.4 is 26.2 Å². The van der Waals surface area contributed by atoms with Gasteiger partial charge in [-0.05, 0) is 61.2 Å². The summed E-state index contributed by atoms with van der Waals surface area (Å²) in [6.07, 6.45) is 4.55. The molecular weight excluding hydrogens is 570 g/mol. The zero-order valence-corrected chi connectivity index (χ0v) is 24.2. The van der Waals surface area contributed by atoms with Crippen molar-refractivity contribution in [3.63, 3.8) is 0 Å². The second kappa shape index (κ2) is 10.8. The molecule has 4 aromatic rings. The summed E-state index contributed by atoms with van der Waals surface area (Å²) in [5.74, 6) is 0.184. The minimum atomic E-state index is -0.424. The van der Waals surface area contributed by atoms with Gasteiger partial charge >= 0.3 is 0 Å². The number of rotatable bonds is 6. The number of aryl methyl sites for hydroxylation is 1. The molecule has 0 spiro atoms. The van der Waals surface area contributed by atoms with E-state index in [2.05, 4.69) is 42.3 Å². The third-order valence-corrected chi connectivity index (χ3v) is 8.60. The van der Waals surface area contributed by atoms with Crippen molar-refractivity contribution in [2.45, 2.75) is 44.1 Å². The Kier molecular flexibility index (Phi) is 6.85. The monoisotopic (exact) mass is 599 g/mol. The number of amides is 3. The van der Waals surface area contributed by atoms with E-state index in [1.807, 2.05) is 37.4 Å². The molecule has 3 aliphatic rings. The second-order valence-corrected chi connectivity index (χ2v) is 11.6. The van der Waals surface area contributed by atoms with Crippen molar-refractivity contribution in [1.82, 2.24) is 25.1 Å². The standard InChI is InChI=1S/C30H30ClN9O3/c1-39-24-14-19(2-4-20(24)27(38-39)21-5-7-25(41)36-29(21)43)33-17-8-10-40(11-9-17)30-32-15-22(31)28(37-30)34-18-3-6-23-16(12-18)13-26(42)35-23/h2-4,6,12,14-15,17,21,33H,5,7-11,13H2,1H3,(H,35,42)(H,32,34,37)(H,36,41,43). The number of piperidine rings is 2. The summed E-state index contributed by atoms with van der Waals surface area (Å²) in [6.45, 7) is 1.55. The van der Waals surface area contributed by atoms with Gasteiger partial charge in [0.2, 0.25) is 23.7 Å². The summed E-state index contributed by atoms with van der Waals surface area (Å²) in [5, 5.41) is 18.2. The van der Waals surface area contributed by atoms with Crippen LogP contribution in [0.2, 0.25) is 5.02 Å². The Bertz CT molecular complexity index is 1780. The molecule has 1 unspecified atom stereocenters. The lowest BCUT2D eigenvalue weighted by atomic mass is 9.93. The van der Waals surface area contributed by atoms with Crippen LogP contribution in [0.25, 0.3) is 10.9 Å². The Morgan fingerprint density at radius 1 is 0.977 bits per heavy atom. The molecule has 4 N–H and O–H groups in total. The van der Waals surface area contributed by atoms with Crippen molar-refractivity contribution in [3.8, 4) is 0 Å². The fraction of sp³-hybridized carbons (Fsp3) is 0.333. The molecule has 43 heavy (non-hydrogen) atoms. The average Bonchev–Trinajstić information content (AvgIpc) is 3.52. The summed E-state index contributed by atoms with van der Waals surface area (Å²) in [6, 6.07) is 12.1. The maximum Gasteiger partial charge on any atom is 0.235 e. The van der Waals surface area contributed by atoms with Gasteiger partial charge in [-0.2, -0.15) is 10.1 Å². The molecule has 13 heteroatoms. The van der Waals surface area contributed by atoms with Crippen molar-refractivity contribution in [2.75, 3.05) is 33.9 Å². The molecule has 2 saturated heterocycles. The lowest BCUT2D eigenvalue weighted by Crippen LogP contribution is -2.40. The summed E-state index contributed by atoms with van der Waals surface area (Å²) in [7, 11) is 1.87. The fourth-order valence-electron chi connectivity index (χ4n) is 6.09. The summed E-state index contributed by atoms with van der Waals surface area (Å²) < 4.78 is 1.80. The molecule has 2 aromatic carbocycles. The Morgan fingerprint density at radius 2 is 1.79 bits per heavy atom. The van der Waals surface area contributed by atoms with E-state index in [4.69, 9.17) is 16.6 Å². The zero-order valence-electron chi connectivity index (χ0n) is 23.5. The van der Waals surface area contributed by atoms with Crippen molar-refractivity contribution in [3.05, 3.63) is 58.9 Å². The molecule has 0 saturated carbocycles. The number of fused-ring (bicyclic) bond motifs is 2. The smallest absolute Gasteiger partial charge is 0.235 e. The number of aromatic nitrogens is 4. The molecule has 3 amide bonds. The third kappa shape index (κ3) is 5.34. The van der Waals surface area contributed by atoms with E-state index < -0.39 is 5.92 Å². The van der Waals surface area contributed by atoms with Crippen molar-refractivity contribution in [1.29, 1.82) is 0 Å². The van der Waals surface area contributed by atoms with Gasteiger partial charge in [0.25, 0.3) is 0 Å². The van der Waals surface area contributed by atoms with E-state index in [0.717, 1.165) is 59.5 Å². The van der Waals surface area contributed by atoms with E-state index in [9.17, 15) is 14.4 Å². The van der Waals surface area contributed by atoms with Crippen LogP contribution >= 0.6 is 11.6 Å². The summed E-state index contributed by atoms with van der Waals surface area (Å²) >= 11 is 6.43. The van der Waals surface area contributed by atoms with E-state index in [1.165, 1.54) is 0 Å². The second-order valence-electron chi connectivity index (χ2n) is 11.2. The van der Waals surface area contributed by atoms with Crippen LogP contribution in [-0.2, 0) is 27.9 Å². The molecule has 220 valence electrons. The fourth-order valence-corrected chi connectivity index (χ4v) is 6.23. The molecule has 0 aliphatic carbocycles. The Balaban J connectivity index is 0.999. The van der Waals surface area contributed by atoms with Crippen LogP contribution in [0.15, 0.2) is 42.6 Å². The maximum absolute atomic E-state index is 12.5. The number of halogens is 1. The Labute approximate surface area is 252 Å². The topological polar surface area (TPSA) is 146 Å². The molecule has 5 heterocycles. The lowest BCUT2D eigenvalue weighted by molar-refractivity contribution is -0.134. The van der Waals surface area contributed by atoms with Gasteiger partial charge in [-0.3, -0.25) is 24.4 Å². The van der Waals surface area contributed by atoms with Gasteiger partial charge in [0.1, 0.15) is 5.02 Å². The van der Waals surface area contributed by atoms with Crippen molar-refractivity contribution in [2.24, 2.45) is 7.05 Å². The quantitative estimate of drug-likeness (QED) is 0.243. The first kappa shape index (κ1) is 27.1. The summed E-state index contributed by atoms with van der Waals surface area (Å²) in [5.41, 5.74) is 5.21. The molecule has 3 aliphatic heterocycles. The molecule has 2 fully saturated rings. The molecule has 1 atom stereocenters. The van der Waals surface area contributed by atoms with Gasteiger partial charge in [0.05, 0.1) is 29.7 Å². The van der Waals surface area contributed by atoms with E-state index in [1.54, 1.807) is 10.9 Å². The largest absolute Gasteiger partial charge is 0.382 e. The number of carbonyl (C=O) groups excluding carboxylic acids is 3. The van der Waals surface area contributed by atoms with Gasteiger partial charge < -0.3 is 20.9 Å². The number of nitrogens with zero attached hydrogens (tertiary/aromatic N) is 5. The summed E-state index contributed by atoms with van der Waals surface area (Å²) in [4.78, 5) is 47.1. The highest BCUT2D eigenvalue weighted by Crippen LogP contribution is 2.33. The number of hydrogen-bond acceptors (Lipinski definition) is 9. The number of carbonyl (C=O) groups is 3. The first-order valence-corrected chi connectivity index (χ1v) is 14.7. The van der Waals surface area contributed by atoms with Crippen LogP contribution in [0, 0.1) is 0 Å². The molecule has 12 nitrogen and oxygen atoms in total. The van der Waals surface area contributed by atoms with Crippen LogP contribution in [-0.4, -0.2) is 56.6 Å². The highest BCUT2D eigenvalue weighted by molar-refractivity contribution is 6.32. The van der Waals surface area contributed by atoms with Gasteiger partial charge in [0, 0.05) is 55.0 Å². The lowest BCUT2D eigenvalue weighted by Gasteiger charge is -2.33. The number of nitrogens with one attached hydrogen (secondary N) is 4. The van der Waals surface area contributed by atoms with Crippen LogP contribution in [0.4, 0.5) is 28.8 Å². The Morgan fingerprint density at radius 3 is 2.60 bits per heavy atom. The first-order chi connectivity index (χ1) is 20.8. The predicted molar refractivity (Wildman–Crippen MR) is 164 cm³/mol. The van der Waals surface area contributed by atoms with Crippen molar-refractivity contribution < 1.29 is 14.4 Å². The highest BCUT2D eigenvalue weighted by Gasteiger charge is 2.32. The SMILES string of the molecule is Cn1nc(C2CCC(=O)NC2=O)c2ccc(NC3CCN(c4ncc(Cl)c(Nc5ccc6c(c5)CC(=O)N6)n4)CC3)cc21. The minimum Gasteiger partial charge on any atom is -0.382 e. The number of benzene rings is 2. The number of hydrogen-bond donors (Lipinski definition) is 4. The van der Waals surface area contributed by atoms with E-state index >= 15 is 0 Å². The van der Waals surface area contributed by atoms with Gasteiger partial charge in [-0.1, -0.05) is 11.6 Å². The minimum absolute atomic E-state index is 0.0103. The van der Waals surface area contributed by atoms with Gasteiger partial charge in [-0.15, -0.1) is 0 Å². The number of imide groups is 1. The normalized spacial score (nSPS) is 18.9. The Hall–Kier alpha value is -4.71. The van der Waals surface area contributed by atoms with Gasteiger partial charge in [-0.25, -0.2) is 4.98 Å². The third-order valence-electron chi connectivity index (χ3n) is 8.32. The van der Waals surface area contributed by atoms with E-state index in [-0.39, 0.29) is 23.8 Å². The van der Waals surface area contributed by atoms with E-state index in [0.29, 0.717) is 41.7 Å². The van der Waals surface area contributed by atoms with Gasteiger partial charge in [0.15, 0.2) is 5.82 Å². The van der Waals surface area contributed by atoms with Crippen molar-refractivity contribution >= 4 is 69.1 Å². The van der Waals surface area contributed by atoms with Crippen LogP contribution in [0.1, 0.15) is 42.9 Å². The number of anilines is 5.